The van der Waals surface area contributed by atoms with Gasteiger partial charge >= 0.3 is 0 Å². The Labute approximate surface area is 130 Å². The molecule has 104 valence electrons. The second-order valence-electron chi connectivity index (χ2n) is 4.23. The third kappa shape index (κ3) is 2.28. The summed E-state index contributed by atoms with van der Waals surface area (Å²) in [6.07, 6.45) is 3.32. The van der Waals surface area contributed by atoms with Gasteiger partial charge in [0.15, 0.2) is 11.2 Å². The molecule has 21 heavy (non-hydrogen) atoms. The average Bonchev–Trinajstić information content (AvgIpc) is 2.89. The summed E-state index contributed by atoms with van der Waals surface area (Å²) in [7, 11) is 0. The number of nitrogens with zero attached hydrogens (tertiary/aromatic N) is 6. The Morgan fingerprint density at radius 1 is 1.05 bits per heavy atom. The molecule has 0 aliphatic rings. The number of pyridine rings is 1. The van der Waals surface area contributed by atoms with Gasteiger partial charge in [-0.1, -0.05) is 11.3 Å². The van der Waals surface area contributed by atoms with Crippen LogP contribution in [0, 0.1) is 0 Å². The summed E-state index contributed by atoms with van der Waals surface area (Å²) >= 11 is 5.83. The van der Waals surface area contributed by atoms with Crippen LogP contribution >= 0.6 is 24.0 Å². The fraction of sp³-hybridized carbons (Fsp3) is 0. The van der Waals surface area contributed by atoms with Gasteiger partial charge in [0.1, 0.15) is 0 Å². The maximum absolute atomic E-state index is 5.83. The standard InChI is InChI=1S/C13H7ClN6.ClH/c14-13-16-7-11-12(17-13)20(19-18-11)9-3-4-10-8(6-9)2-1-5-15-10;/h1-7H;1H. The van der Waals surface area contributed by atoms with Crippen LogP contribution in [-0.4, -0.2) is 29.9 Å². The minimum absolute atomic E-state index is 0. The number of rotatable bonds is 1. The molecule has 0 saturated carbocycles. The number of halogens is 2. The fourth-order valence-corrected chi connectivity index (χ4v) is 2.20. The number of hydrogen-bond donors (Lipinski definition) is 0. The highest BCUT2D eigenvalue weighted by molar-refractivity contribution is 6.28. The number of benzene rings is 1. The van der Waals surface area contributed by atoms with E-state index in [1.807, 2.05) is 30.3 Å². The van der Waals surface area contributed by atoms with Crippen molar-refractivity contribution in [1.29, 1.82) is 0 Å². The Hall–Kier alpha value is -2.31. The van der Waals surface area contributed by atoms with Crippen molar-refractivity contribution in [2.75, 3.05) is 0 Å². The van der Waals surface area contributed by atoms with E-state index in [2.05, 4.69) is 25.3 Å². The summed E-state index contributed by atoms with van der Waals surface area (Å²) in [6, 6.07) is 9.71. The zero-order chi connectivity index (χ0) is 13.5. The van der Waals surface area contributed by atoms with Crippen molar-refractivity contribution in [3.8, 4) is 5.69 Å². The predicted octanol–water partition coefficient (Wildman–Crippen LogP) is 2.83. The van der Waals surface area contributed by atoms with Crippen molar-refractivity contribution >= 4 is 46.1 Å². The Balaban J connectivity index is 0.00000132. The fourth-order valence-electron chi connectivity index (χ4n) is 2.08. The second kappa shape index (κ2) is 5.23. The zero-order valence-electron chi connectivity index (χ0n) is 10.5. The molecule has 6 nitrogen and oxygen atoms in total. The first-order chi connectivity index (χ1) is 9.81. The van der Waals surface area contributed by atoms with Crippen LogP contribution < -0.4 is 0 Å². The van der Waals surface area contributed by atoms with E-state index in [1.54, 1.807) is 17.1 Å². The molecule has 0 fully saturated rings. The van der Waals surface area contributed by atoms with E-state index in [0.29, 0.717) is 11.2 Å². The Morgan fingerprint density at radius 3 is 2.86 bits per heavy atom. The number of aromatic nitrogens is 6. The van der Waals surface area contributed by atoms with Crippen molar-refractivity contribution < 1.29 is 0 Å². The highest BCUT2D eigenvalue weighted by Gasteiger charge is 2.09. The van der Waals surface area contributed by atoms with E-state index in [0.717, 1.165) is 16.6 Å². The maximum atomic E-state index is 5.83. The van der Waals surface area contributed by atoms with Gasteiger partial charge in [-0.2, -0.15) is 9.67 Å². The van der Waals surface area contributed by atoms with E-state index in [1.165, 1.54) is 0 Å². The highest BCUT2D eigenvalue weighted by atomic mass is 35.5. The van der Waals surface area contributed by atoms with Gasteiger partial charge in [0.05, 0.1) is 17.4 Å². The monoisotopic (exact) mass is 318 g/mol. The number of hydrogen-bond acceptors (Lipinski definition) is 5. The van der Waals surface area contributed by atoms with Crippen molar-refractivity contribution in [3.63, 3.8) is 0 Å². The average molecular weight is 319 g/mol. The Kier molecular flexibility index (Phi) is 3.40. The van der Waals surface area contributed by atoms with Crippen LogP contribution in [0.15, 0.2) is 42.7 Å². The van der Waals surface area contributed by atoms with E-state index in [9.17, 15) is 0 Å². The van der Waals surface area contributed by atoms with Crippen LogP contribution in [0.5, 0.6) is 0 Å². The summed E-state index contributed by atoms with van der Waals surface area (Å²) in [4.78, 5) is 12.3. The molecule has 0 unspecified atom stereocenters. The van der Waals surface area contributed by atoms with Gasteiger partial charge in [0.2, 0.25) is 5.28 Å². The summed E-state index contributed by atoms with van der Waals surface area (Å²) in [6.45, 7) is 0. The van der Waals surface area contributed by atoms with Crippen LogP contribution in [0.4, 0.5) is 0 Å². The van der Waals surface area contributed by atoms with Gasteiger partial charge in [-0.3, -0.25) is 4.98 Å². The molecule has 3 heterocycles. The maximum Gasteiger partial charge on any atom is 0.224 e. The molecule has 0 N–H and O–H groups in total. The lowest BCUT2D eigenvalue weighted by Gasteiger charge is -2.03. The molecule has 8 heteroatoms. The lowest BCUT2D eigenvalue weighted by Crippen LogP contribution is -1.98. The molecule has 4 aromatic rings. The third-order valence-electron chi connectivity index (χ3n) is 2.99. The largest absolute Gasteiger partial charge is 0.256 e. The molecule has 0 atom stereocenters. The van der Waals surface area contributed by atoms with E-state index in [4.69, 9.17) is 11.6 Å². The molecule has 1 aromatic carbocycles. The molecule has 0 aliphatic carbocycles. The van der Waals surface area contributed by atoms with Gasteiger partial charge in [-0.25, -0.2) is 4.98 Å². The first-order valence-electron chi connectivity index (χ1n) is 5.90. The molecule has 0 aliphatic heterocycles. The number of fused-ring (bicyclic) bond motifs is 2. The van der Waals surface area contributed by atoms with Crippen molar-refractivity contribution in [2.24, 2.45) is 0 Å². The van der Waals surface area contributed by atoms with Gasteiger partial charge in [-0.15, -0.1) is 17.5 Å². The second-order valence-corrected chi connectivity index (χ2v) is 4.57. The Bertz CT molecular complexity index is 936. The molecule has 3 aromatic heterocycles. The van der Waals surface area contributed by atoms with Crippen LogP contribution in [0.25, 0.3) is 27.8 Å². The van der Waals surface area contributed by atoms with E-state index >= 15 is 0 Å². The molecule has 4 rings (SSSR count). The van der Waals surface area contributed by atoms with Crippen molar-refractivity contribution in [1.82, 2.24) is 29.9 Å². The topological polar surface area (TPSA) is 69.4 Å². The van der Waals surface area contributed by atoms with Crippen LogP contribution in [0.1, 0.15) is 0 Å². The lowest BCUT2D eigenvalue weighted by atomic mass is 10.2. The molecular weight excluding hydrogens is 311 g/mol. The van der Waals surface area contributed by atoms with Gasteiger partial charge in [0, 0.05) is 11.6 Å². The molecule has 0 bridgehead atoms. The summed E-state index contributed by atoms with van der Waals surface area (Å²) < 4.78 is 1.63. The first kappa shape index (κ1) is 13.7. The smallest absolute Gasteiger partial charge is 0.224 e. The third-order valence-corrected chi connectivity index (χ3v) is 3.18. The SMILES string of the molecule is Cl.Clc1ncc2nnn(-c3ccc4ncccc4c3)c2n1. The van der Waals surface area contributed by atoms with Crippen LogP contribution in [0.2, 0.25) is 5.28 Å². The van der Waals surface area contributed by atoms with Gasteiger partial charge < -0.3 is 0 Å². The van der Waals surface area contributed by atoms with Gasteiger partial charge in [0.25, 0.3) is 0 Å². The van der Waals surface area contributed by atoms with E-state index < -0.39 is 0 Å². The lowest BCUT2D eigenvalue weighted by molar-refractivity contribution is 0.818. The Morgan fingerprint density at radius 2 is 1.95 bits per heavy atom. The quantitative estimate of drug-likeness (QED) is 0.505. The molecule has 0 saturated heterocycles. The molecule has 0 amide bonds. The highest BCUT2D eigenvalue weighted by Crippen LogP contribution is 2.19. The molecule has 0 spiro atoms. The normalized spacial score (nSPS) is 10.7. The molecular formula is C13H8Cl2N6. The van der Waals surface area contributed by atoms with Crippen LogP contribution in [-0.2, 0) is 0 Å². The van der Waals surface area contributed by atoms with Crippen molar-refractivity contribution in [3.05, 3.63) is 48.0 Å². The van der Waals surface area contributed by atoms with Crippen LogP contribution in [0.3, 0.4) is 0 Å². The van der Waals surface area contributed by atoms with Crippen molar-refractivity contribution in [2.45, 2.75) is 0 Å². The minimum atomic E-state index is 0. The molecule has 0 radical (unpaired) electrons. The summed E-state index contributed by atoms with van der Waals surface area (Å²) in [5, 5.41) is 9.32. The minimum Gasteiger partial charge on any atom is -0.256 e. The van der Waals surface area contributed by atoms with E-state index in [-0.39, 0.29) is 17.7 Å². The zero-order valence-corrected chi connectivity index (χ0v) is 12.1. The predicted molar refractivity (Wildman–Crippen MR) is 82.0 cm³/mol. The summed E-state index contributed by atoms with van der Waals surface area (Å²) in [5.74, 6) is 0. The summed E-state index contributed by atoms with van der Waals surface area (Å²) in [5.41, 5.74) is 2.95. The first-order valence-corrected chi connectivity index (χ1v) is 6.28. The van der Waals surface area contributed by atoms with Gasteiger partial charge in [-0.05, 0) is 35.9 Å².